The molecule has 0 aromatic carbocycles. The molecule has 0 aromatic rings. The van der Waals surface area contributed by atoms with E-state index in [1.807, 2.05) is 0 Å². The molecule has 95 heavy (non-hydrogen) atoms. The lowest BCUT2D eigenvalue weighted by Crippen LogP contribution is -2.29. The van der Waals surface area contributed by atoms with Crippen LogP contribution in [0.25, 0.3) is 0 Å². The molecule has 0 saturated carbocycles. The number of nitrogens with two attached hydrogens (primary N) is 1. The second-order valence-corrected chi connectivity index (χ2v) is 26.2. The zero-order valence-electron chi connectivity index (χ0n) is 60.6. The summed E-state index contributed by atoms with van der Waals surface area (Å²) in [5, 5.41) is 0. The predicted octanol–water partition coefficient (Wildman–Crippen LogP) is 25.9. The van der Waals surface area contributed by atoms with E-state index in [4.69, 9.17) is 24.3 Å². The Morgan fingerprint density at radius 1 is 0.316 bits per heavy atom. The van der Waals surface area contributed by atoms with Crippen LogP contribution in [0.1, 0.15) is 309 Å². The fourth-order valence-corrected chi connectivity index (χ4v) is 11.0. The van der Waals surface area contributed by atoms with Crippen molar-refractivity contribution in [3.8, 4) is 0 Å². The maximum absolute atomic E-state index is 12.8. The van der Waals surface area contributed by atoms with E-state index in [1.54, 1.807) is 0 Å². The minimum absolute atomic E-state index is 0.0449. The molecule has 0 fully saturated rings. The van der Waals surface area contributed by atoms with Gasteiger partial charge in [0.15, 0.2) is 6.10 Å². The third-order valence-electron chi connectivity index (χ3n) is 15.8. The van der Waals surface area contributed by atoms with Gasteiger partial charge < -0.3 is 20.1 Å². The third-order valence-corrected chi connectivity index (χ3v) is 16.8. The van der Waals surface area contributed by atoms with E-state index in [-0.39, 0.29) is 38.6 Å². The summed E-state index contributed by atoms with van der Waals surface area (Å²) in [6.45, 7) is 3.51. The molecular formula is C85H140NO8P. The smallest absolute Gasteiger partial charge is 0.462 e. The highest BCUT2D eigenvalue weighted by atomic mass is 31.2. The fourth-order valence-electron chi connectivity index (χ4n) is 10.2. The molecule has 0 spiro atoms. The first kappa shape index (κ1) is 90.1. The average molecular weight is 1340 g/mol. The van der Waals surface area contributed by atoms with Crippen LogP contribution in [0.2, 0.25) is 0 Å². The Kier molecular flexibility index (Phi) is 74.1. The highest BCUT2D eigenvalue weighted by Crippen LogP contribution is 2.43. The number of allylic oxidation sites excluding steroid dienone is 30. The summed E-state index contributed by atoms with van der Waals surface area (Å²) in [7, 11) is -4.41. The number of unbranched alkanes of at least 4 members (excludes halogenated alkanes) is 27. The number of esters is 2. The molecule has 0 saturated heterocycles. The number of ether oxygens (including phenoxy) is 2. The van der Waals surface area contributed by atoms with Crippen molar-refractivity contribution in [3.63, 3.8) is 0 Å². The number of carbonyl (C=O) groups excluding carboxylic acids is 2. The van der Waals surface area contributed by atoms with Crippen molar-refractivity contribution in [2.75, 3.05) is 26.4 Å². The average Bonchev–Trinajstić information content (AvgIpc) is 3.25. The van der Waals surface area contributed by atoms with Crippen LogP contribution in [-0.4, -0.2) is 49.3 Å². The van der Waals surface area contributed by atoms with Crippen molar-refractivity contribution in [3.05, 3.63) is 182 Å². The van der Waals surface area contributed by atoms with Crippen LogP contribution < -0.4 is 5.73 Å². The second-order valence-electron chi connectivity index (χ2n) is 24.8. The molecule has 0 amide bonds. The molecule has 0 aliphatic carbocycles. The molecule has 3 N–H and O–H groups in total. The van der Waals surface area contributed by atoms with Gasteiger partial charge in [0.05, 0.1) is 13.2 Å². The Morgan fingerprint density at radius 2 is 0.547 bits per heavy atom. The van der Waals surface area contributed by atoms with Crippen molar-refractivity contribution in [2.24, 2.45) is 5.73 Å². The van der Waals surface area contributed by atoms with Gasteiger partial charge in [-0.2, -0.15) is 0 Å². The Labute approximate surface area is 584 Å². The maximum Gasteiger partial charge on any atom is 0.472 e. The van der Waals surface area contributed by atoms with Crippen LogP contribution >= 0.6 is 7.82 Å². The molecule has 0 rings (SSSR count). The molecule has 0 radical (unpaired) electrons. The summed E-state index contributed by atoms with van der Waals surface area (Å²) >= 11 is 0. The first-order valence-electron chi connectivity index (χ1n) is 38.3. The van der Waals surface area contributed by atoms with Gasteiger partial charge in [0.25, 0.3) is 0 Å². The molecule has 0 heterocycles. The Morgan fingerprint density at radius 3 is 0.811 bits per heavy atom. The topological polar surface area (TPSA) is 134 Å². The second kappa shape index (κ2) is 78.1. The Hall–Kier alpha value is -4.89. The Bertz CT molecular complexity index is 2220. The van der Waals surface area contributed by atoms with Gasteiger partial charge in [-0.3, -0.25) is 18.6 Å². The van der Waals surface area contributed by atoms with E-state index < -0.39 is 26.5 Å². The van der Waals surface area contributed by atoms with Crippen LogP contribution in [0.4, 0.5) is 0 Å². The van der Waals surface area contributed by atoms with Crippen molar-refractivity contribution >= 4 is 19.8 Å². The predicted molar refractivity (Wildman–Crippen MR) is 412 cm³/mol. The Balaban J connectivity index is 3.89. The van der Waals surface area contributed by atoms with Gasteiger partial charge in [-0.05, 0) is 135 Å². The molecule has 0 bridgehead atoms. The molecule has 2 atom stereocenters. The van der Waals surface area contributed by atoms with Crippen molar-refractivity contribution < 1.29 is 37.6 Å². The van der Waals surface area contributed by atoms with Crippen LogP contribution in [-0.2, 0) is 32.7 Å². The summed E-state index contributed by atoms with van der Waals surface area (Å²) in [5.41, 5.74) is 5.41. The largest absolute Gasteiger partial charge is 0.472 e. The minimum Gasteiger partial charge on any atom is -0.462 e. The fraction of sp³-hybridized carbons (Fsp3) is 0.624. The zero-order chi connectivity index (χ0) is 68.6. The summed E-state index contributed by atoms with van der Waals surface area (Å²) in [5.74, 6) is -0.838. The molecule has 10 heteroatoms. The van der Waals surface area contributed by atoms with Crippen LogP contribution in [0, 0.1) is 0 Å². The van der Waals surface area contributed by atoms with Crippen LogP contribution in [0.15, 0.2) is 182 Å². The minimum atomic E-state index is -4.41. The highest BCUT2D eigenvalue weighted by Gasteiger charge is 2.26. The molecule has 9 nitrogen and oxygen atoms in total. The van der Waals surface area contributed by atoms with E-state index >= 15 is 0 Å². The monoisotopic (exact) mass is 1330 g/mol. The molecule has 0 aliphatic rings. The number of phosphoric ester groups is 1. The molecular weight excluding hydrogens is 1190 g/mol. The van der Waals surface area contributed by atoms with E-state index in [2.05, 4.69) is 196 Å². The van der Waals surface area contributed by atoms with Crippen LogP contribution in [0.5, 0.6) is 0 Å². The lowest BCUT2D eigenvalue weighted by molar-refractivity contribution is -0.161. The molecule has 538 valence electrons. The zero-order valence-corrected chi connectivity index (χ0v) is 61.5. The number of phosphoric acid groups is 1. The van der Waals surface area contributed by atoms with Gasteiger partial charge in [-0.1, -0.05) is 344 Å². The van der Waals surface area contributed by atoms with E-state index in [9.17, 15) is 19.0 Å². The van der Waals surface area contributed by atoms with E-state index in [1.165, 1.54) is 135 Å². The van der Waals surface area contributed by atoms with Gasteiger partial charge in [0.2, 0.25) is 0 Å². The first-order chi connectivity index (χ1) is 46.8. The quantitative estimate of drug-likeness (QED) is 0.0264. The van der Waals surface area contributed by atoms with Gasteiger partial charge >= 0.3 is 19.8 Å². The van der Waals surface area contributed by atoms with Gasteiger partial charge in [0, 0.05) is 19.4 Å². The van der Waals surface area contributed by atoms with Crippen molar-refractivity contribution in [1.82, 2.24) is 0 Å². The first-order valence-corrected chi connectivity index (χ1v) is 39.8. The lowest BCUT2D eigenvalue weighted by Gasteiger charge is -2.19. The maximum atomic E-state index is 12.8. The van der Waals surface area contributed by atoms with Crippen molar-refractivity contribution in [1.29, 1.82) is 0 Å². The van der Waals surface area contributed by atoms with E-state index in [0.717, 1.165) is 141 Å². The van der Waals surface area contributed by atoms with Gasteiger partial charge in [-0.25, -0.2) is 4.57 Å². The SMILES string of the molecule is CC/C=C\C/C=C\C/C=C\C/C=C\C/C=C\C/C=C\C/C=C\C/C=C\CCCCCCCCCCC(=O)OC(COC(=O)CCCCCCCCCCCCCCCCCCCCC/C=C\C/C=C\C/C=C\C/C=C\C/C=C\C/C=C\C/C=C\CC)COP(=O)(O)OCCN. The van der Waals surface area contributed by atoms with Gasteiger partial charge in [-0.15, -0.1) is 0 Å². The molecule has 0 aliphatic heterocycles. The molecule has 2 unspecified atom stereocenters. The standard InChI is InChI=1S/C85H140NO8P/c1-3-5-7-9-11-13-15-17-19-21-23-25-27-29-31-33-35-37-38-39-40-41-42-43-44-46-47-49-51-53-55-57-59-61-63-65-67-69-71-73-75-77-84(87)91-81-83(82-93-95(89,90)92-80-79-86)94-85(88)78-76-74-72-70-68-66-64-62-60-58-56-54-52-50-48-45-36-34-32-30-28-26-24-22-20-18-16-14-12-10-8-6-4-2/h5-8,11-14,17-20,23-26,29-32,35-37,39-40,45,50,52,56,58,83H,3-4,9-10,15-16,21-22,27-28,33-34,38,41-44,46-49,51,53-55,57,59-82,86H2,1-2H3,(H,89,90)/b7-5-,8-6-,13-11-,14-12-,19-17-,20-18-,25-23-,26-24-,31-29-,32-30-,37-35-,40-39-,45-36-,52-50-,58-56-. The van der Waals surface area contributed by atoms with Crippen molar-refractivity contribution in [2.45, 2.75) is 315 Å². The summed E-state index contributed by atoms with van der Waals surface area (Å²) in [6, 6.07) is 0. The number of hydrogen-bond donors (Lipinski definition) is 2. The molecule has 0 aromatic heterocycles. The normalized spacial score (nSPS) is 13.9. The van der Waals surface area contributed by atoms with E-state index in [0.29, 0.717) is 6.42 Å². The summed E-state index contributed by atoms with van der Waals surface area (Å²) < 4.78 is 33.2. The van der Waals surface area contributed by atoms with Crippen LogP contribution in [0.3, 0.4) is 0 Å². The number of carbonyl (C=O) groups is 2. The summed E-state index contributed by atoms with van der Waals surface area (Å²) in [6.07, 6.45) is 117. The summed E-state index contributed by atoms with van der Waals surface area (Å²) in [4.78, 5) is 35.4. The number of hydrogen-bond acceptors (Lipinski definition) is 8. The third kappa shape index (κ3) is 78.0. The number of rotatable bonds is 70. The van der Waals surface area contributed by atoms with Gasteiger partial charge in [0.1, 0.15) is 6.61 Å². The lowest BCUT2D eigenvalue weighted by atomic mass is 10.0. The highest BCUT2D eigenvalue weighted by molar-refractivity contribution is 7.47.